The van der Waals surface area contributed by atoms with Crippen molar-refractivity contribution in [1.29, 1.82) is 0 Å². The Morgan fingerprint density at radius 1 is 0.750 bits per heavy atom. The summed E-state index contributed by atoms with van der Waals surface area (Å²) in [5, 5.41) is 0. The van der Waals surface area contributed by atoms with Gasteiger partial charge >= 0.3 is 0 Å². The first-order chi connectivity index (χ1) is 9.56. The van der Waals surface area contributed by atoms with E-state index < -0.39 is 0 Å². The van der Waals surface area contributed by atoms with Crippen LogP contribution in [-0.2, 0) is 0 Å². The monoisotopic (exact) mass is 275 g/mol. The fourth-order valence-electron chi connectivity index (χ4n) is 7.34. The molecule has 0 aromatic heterocycles. The third-order valence-electron chi connectivity index (χ3n) is 8.66. The minimum Gasteiger partial charge on any atom is -0.327 e. The molecule has 0 saturated heterocycles. The van der Waals surface area contributed by atoms with E-state index in [-0.39, 0.29) is 0 Å². The average Bonchev–Trinajstić information content (AvgIpc) is 2.74. The summed E-state index contributed by atoms with van der Waals surface area (Å²) < 4.78 is 0. The molecule has 1 heteroatoms. The molecule has 7 atom stereocenters. The SMILES string of the molecule is C[C@]12CCCC[C@@H]1CC[C@@H]1[C@@H]2CC[C@]2(C)[C@H](N)CC[C@@H]12. The van der Waals surface area contributed by atoms with Crippen LogP contribution in [0.25, 0.3) is 0 Å². The molecular formula is C19H33N. The second kappa shape index (κ2) is 4.48. The van der Waals surface area contributed by atoms with Gasteiger partial charge in [-0.15, -0.1) is 0 Å². The second-order valence-electron chi connectivity index (χ2n) is 9.13. The minimum absolute atomic E-state index is 0.485. The maximum Gasteiger partial charge on any atom is 0.00957 e. The molecule has 4 fully saturated rings. The number of nitrogens with two attached hydrogens (primary N) is 1. The molecule has 0 aliphatic heterocycles. The van der Waals surface area contributed by atoms with Crippen molar-refractivity contribution in [3.8, 4) is 0 Å². The van der Waals surface area contributed by atoms with Crippen LogP contribution in [0.4, 0.5) is 0 Å². The summed E-state index contributed by atoms with van der Waals surface area (Å²) in [7, 11) is 0. The summed E-state index contributed by atoms with van der Waals surface area (Å²) in [5.41, 5.74) is 7.69. The molecule has 4 saturated carbocycles. The molecular weight excluding hydrogens is 242 g/mol. The molecule has 0 heterocycles. The van der Waals surface area contributed by atoms with Crippen LogP contribution in [0.2, 0.25) is 0 Å². The fourth-order valence-corrected chi connectivity index (χ4v) is 7.34. The summed E-state index contributed by atoms with van der Waals surface area (Å²) in [4.78, 5) is 0. The van der Waals surface area contributed by atoms with Crippen LogP contribution in [0.3, 0.4) is 0 Å². The molecule has 4 aliphatic carbocycles. The molecule has 4 aliphatic rings. The van der Waals surface area contributed by atoms with Gasteiger partial charge in [-0.2, -0.15) is 0 Å². The molecule has 2 N–H and O–H groups in total. The maximum atomic E-state index is 6.51. The Morgan fingerprint density at radius 3 is 2.40 bits per heavy atom. The molecule has 20 heavy (non-hydrogen) atoms. The van der Waals surface area contributed by atoms with Gasteiger partial charge < -0.3 is 5.73 Å². The smallest absolute Gasteiger partial charge is 0.00957 e. The van der Waals surface area contributed by atoms with Crippen molar-refractivity contribution < 1.29 is 0 Å². The molecule has 4 rings (SSSR count). The van der Waals surface area contributed by atoms with Gasteiger partial charge in [-0.1, -0.05) is 26.7 Å². The van der Waals surface area contributed by atoms with Crippen LogP contribution >= 0.6 is 0 Å². The van der Waals surface area contributed by atoms with Crippen LogP contribution in [0.1, 0.15) is 78.1 Å². The molecule has 114 valence electrons. The Morgan fingerprint density at radius 2 is 1.55 bits per heavy atom. The van der Waals surface area contributed by atoms with Crippen molar-refractivity contribution in [2.24, 2.45) is 40.2 Å². The summed E-state index contributed by atoms with van der Waals surface area (Å²) in [5.74, 6) is 4.06. The van der Waals surface area contributed by atoms with Gasteiger partial charge in [0.25, 0.3) is 0 Å². The highest BCUT2D eigenvalue weighted by Crippen LogP contribution is 2.65. The van der Waals surface area contributed by atoms with Crippen LogP contribution in [-0.4, -0.2) is 6.04 Å². The van der Waals surface area contributed by atoms with Gasteiger partial charge in [-0.25, -0.2) is 0 Å². The molecule has 0 spiro atoms. The van der Waals surface area contributed by atoms with Crippen molar-refractivity contribution in [2.75, 3.05) is 0 Å². The van der Waals surface area contributed by atoms with E-state index in [1.807, 2.05) is 0 Å². The van der Waals surface area contributed by atoms with Gasteiger partial charge in [0, 0.05) is 6.04 Å². The summed E-state index contributed by atoms with van der Waals surface area (Å²) in [6.07, 6.45) is 14.7. The zero-order valence-corrected chi connectivity index (χ0v) is 13.5. The minimum atomic E-state index is 0.485. The van der Waals surface area contributed by atoms with Gasteiger partial charge in [0.1, 0.15) is 0 Å². The molecule has 0 amide bonds. The highest BCUT2D eigenvalue weighted by atomic mass is 14.8. The summed E-state index contributed by atoms with van der Waals surface area (Å²) in [6.45, 7) is 5.20. The zero-order chi connectivity index (χ0) is 14.0. The molecule has 0 aromatic rings. The lowest BCUT2D eigenvalue weighted by molar-refractivity contribution is -0.105. The largest absolute Gasteiger partial charge is 0.327 e. The number of hydrogen-bond acceptors (Lipinski definition) is 1. The number of fused-ring (bicyclic) bond motifs is 5. The zero-order valence-electron chi connectivity index (χ0n) is 13.5. The van der Waals surface area contributed by atoms with E-state index in [4.69, 9.17) is 5.73 Å². The van der Waals surface area contributed by atoms with Gasteiger partial charge in [0.15, 0.2) is 0 Å². The third kappa shape index (κ3) is 1.65. The lowest BCUT2D eigenvalue weighted by Gasteiger charge is -2.60. The standard InChI is InChI=1S/C19H33N/c1-18-11-4-3-5-13(18)6-7-14-15-8-9-17(20)19(15,2)12-10-16(14)18/h13-17H,3-12,20H2,1-2H3/t13-,14+,15+,16+,17-,18+,19+/m1/s1. The molecule has 0 aromatic carbocycles. The van der Waals surface area contributed by atoms with E-state index >= 15 is 0 Å². The first-order valence-electron chi connectivity index (χ1n) is 9.31. The second-order valence-corrected chi connectivity index (χ2v) is 9.13. The lowest BCUT2D eigenvalue weighted by Crippen LogP contribution is -2.54. The van der Waals surface area contributed by atoms with Crippen molar-refractivity contribution >= 4 is 0 Å². The average molecular weight is 275 g/mol. The predicted molar refractivity (Wildman–Crippen MR) is 84.3 cm³/mol. The predicted octanol–water partition coefficient (Wildman–Crippen LogP) is 4.75. The van der Waals surface area contributed by atoms with Gasteiger partial charge in [-0.3, -0.25) is 0 Å². The maximum absolute atomic E-state index is 6.51. The first-order valence-corrected chi connectivity index (χ1v) is 9.31. The third-order valence-corrected chi connectivity index (χ3v) is 8.66. The Balaban J connectivity index is 1.64. The van der Waals surface area contributed by atoms with E-state index in [1.54, 1.807) is 0 Å². The topological polar surface area (TPSA) is 26.0 Å². The number of hydrogen-bond donors (Lipinski definition) is 1. The van der Waals surface area contributed by atoms with Crippen LogP contribution in [0.5, 0.6) is 0 Å². The lowest BCUT2D eigenvalue weighted by atomic mass is 9.45. The highest BCUT2D eigenvalue weighted by molar-refractivity contribution is 5.09. The van der Waals surface area contributed by atoms with Crippen molar-refractivity contribution in [1.82, 2.24) is 0 Å². The normalized spacial score (nSPS) is 58.6. The van der Waals surface area contributed by atoms with Crippen molar-refractivity contribution in [3.05, 3.63) is 0 Å². The quantitative estimate of drug-likeness (QED) is 0.678. The Bertz CT molecular complexity index is 391. The molecule has 1 nitrogen and oxygen atoms in total. The van der Waals surface area contributed by atoms with Crippen LogP contribution < -0.4 is 5.73 Å². The summed E-state index contributed by atoms with van der Waals surface area (Å²) >= 11 is 0. The Hall–Kier alpha value is -0.0400. The summed E-state index contributed by atoms with van der Waals surface area (Å²) in [6, 6.07) is 0.491. The van der Waals surface area contributed by atoms with Gasteiger partial charge in [0.05, 0.1) is 0 Å². The highest BCUT2D eigenvalue weighted by Gasteiger charge is 2.58. The fraction of sp³-hybridized carbons (Fsp3) is 1.00. The van der Waals surface area contributed by atoms with Gasteiger partial charge in [-0.05, 0) is 85.9 Å². The first kappa shape index (κ1) is 13.6. The van der Waals surface area contributed by atoms with E-state index in [1.165, 1.54) is 64.2 Å². The molecule has 0 radical (unpaired) electrons. The van der Waals surface area contributed by atoms with Crippen molar-refractivity contribution in [2.45, 2.75) is 84.1 Å². The van der Waals surface area contributed by atoms with E-state index in [2.05, 4.69) is 13.8 Å². The van der Waals surface area contributed by atoms with Crippen LogP contribution in [0, 0.1) is 34.5 Å². The van der Waals surface area contributed by atoms with E-state index in [0.29, 0.717) is 16.9 Å². The van der Waals surface area contributed by atoms with E-state index in [0.717, 1.165) is 23.7 Å². The molecule has 0 unspecified atom stereocenters. The Kier molecular flexibility index (Phi) is 3.05. The Labute approximate surface area is 125 Å². The van der Waals surface area contributed by atoms with Crippen LogP contribution in [0.15, 0.2) is 0 Å². The number of rotatable bonds is 0. The van der Waals surface area contributed by atoms with Gasteiger partial charge in [0.2, 0.25) is 0 Å². The van der Waals surface area contributed by atoms with E-state index in [9.17, 15) is 0 Å². The van der Waals surface area contributed by atoms with Crippen molar-refractivity contribution in [3.63, 3.8) is 0 Å². The molecule has 0 bridgehead atoms.